The molecule has 1 aliphatic heterocycles. The number of carboxylic acid groups (broad SMARTS) is 1. The van der Waals surface area contributed by atoms with Gasteiger partial charge in [-0.3, -0.25) is 0 Å². The van der Waals surface area contributed by atoms with Gasteiger partial charge in [-0.1, -0.05) is 12.8 Å². The maximum absolute atomic E-state index is 10.9. The minimum Gasteiger partial charge on any atom is -0.449 e. The number of pyridine rings is 1. The molecule has 1 aromatic heterocycles. The highest BCUT2D eigenvalue weighted by molar-refractivity contribution is 6.07. The Morgan fingerprint density at radius 1 is 1.23 bits per heavy atom. The van der Waals surface area contributed by atoms with Crippen LogP contribution in [0.4, 0.5) is 10.6 Å². The van der Waals surface area contributed by atoms with Crippen LogP contribution in [0.25, 0.3) is 0 Å². The van der Waals surface area contributed by atoms with Crippen molar-refractivity contribution in [1.82, 2.24) is 4.98 Å². The van der Waals surface area contributed by atoms with Gasteiger partial charge in [0.2, 0.25) is 0 Å². The second kappa shape index (κ2) is 7.69. The molecule has 2 atom stereocenters. The van der Waals surface area contributed by atoms with E-state index in [-0.39, 0.29) is 6.04 Å². The third-order valence-electron chi connectivity index (χ3n) is 6.85. The second-order valence-electron chi connectivity index (χ2n) is 8.61. The van der Waals surface area contributed by atoms with E-state index in [1.807, 2.05) is 31.2 Å². The first-order valence-electron chi connectivity index (χ1n) is 10.8. The van der Waals surface area contributed by atoms with Gasteiger partial charge in [-0.05, 0) is 74.4 Å². The third kappa shape index (κ3) is 3.42. The highest BCUT2D eigenvalue weighted by Crippen LogP contribution is 2.44. The number of nitriles is 1. The number of aromatic nitrogens is 1. The van der Waals surface area contributed by atoms with Crippen molar-refractivity contribution < 1.29 is 14.6 Å². The van der Waals surface area contributed by atoms with E-state index in [1.165, 1.54) is 25.7 Å². The van der Waals surface area contributed by atoms with Crippen molar-refractivity contribution in [1.29, 1.82) is 5.26 Å². The Morgan fingerprint density at radius 3 is 2.74 bits per heavy atom. The summed E-state index contributed by atoms with van der Waals surface area (Å²) in [4.78, 5) is 15.6. The fourth-order valence-electron chi connectivity index (χ4n) is 5.48. The van der Waals surface area contributed by atoms with Crippen LogP contribution in [0.2, 0.25) is 0 Å². The van der Waals surface area contributed by atoms with Crippen LogP contribution in [-0.4, -0.2) is 28.0 Å². The van der Waals surface area contributed by atoms with E-state index < -0.39 is 6.16 Å². The highest BCUT2D eigenvalue weighted by atomic mass is 16.7. The summed E-state index contributed by atoms with van der Waals surface area (Å²) in [6.45, 7) is 1.86. The molecule has 7 heteroatoms. The number of nitrogens with zero attached hydrogens (tertiary/aromatic N) is 4. The molecule has 0 amide bonds. The molecule has 158 valence electrons. The molecule has 2 aromatic rings. The molecule has 0 bridgehead atoms. The summed E-state index contributed by atoms with van der Waals surface area (Å²) in [5.41, 5.74) is 4.51. The lowest BCUT2D eigenvalue weighted by molar-refractivity contribution is 0.144. The van der Waals surface area contributed by atoms with Crippen molar-refractivity contribution in [3.05, 3.63) is 52.7 Å². The number of ether oxygens (including phenoxy) is 1. The molecule has 7 nitrogen and oxygen atoms in total. The Hall–Kier alpha value is -3.40. The van der Waals surface area contributed by atoms with Crippen LogP contribution in [0.1, 0.15) is 54.5 Å². The van der Waals surface area contributed by atoms with Crippen molar-refractivity contribution in [3.63, 3.8) is 0 Å². The smallest absolute Gasteiger partial charge is 0.449 e. The van der Waals surface area contributed by atoms with Crippen molar-refractivity contribution in [3.8, 4) is 11.8 Å². The zero-order valence-electron chi connectivity index (χ0n) is 17.4. The summed E-state index contributed by atoms with van der Waals surface area (Å²) in [6, 6.07) is 11.6. The van der Waals surface area contributed by atoms with Gasteiger partial charge in [-0.15, -0.1) is 0 Å². The molecule has 0 spiro atoms. The van der Waals surface area contributed by atoms with E-state index in [4.69, 9.17) is 19.9 Å². The third-order valence-corrected chi connectivity index (χ3v) is 6.85. The summed E-state index contributed by atoms with van der Waals surface area (Å²) >= 11 is 0. The SMILES string of the molecule is Cc1nc(N2N=C3c4ccc(OC(=O)O)cc4CCC3C2C2CCCC2)ccc1C#N. The number of benzene rings is 1. The predicted molar refractivity (Wildman–Crippen MR) is 115 cm³/mol. The van der Waals surface area contributed by atoms with Gasteiger partial charge in [0.05, 0.1) is 23.0 Å². The van der Waals surface area contributed by atoms with Gasteiger partial charge in [0.15, 0.2) is 0 Å². The molecule has 0 radical (unpaired) electrons. The van der Waals surface area contributed by atoms with Gasteiger partial charge < -0.3 is 9.84 Å². The Balaban J connectivity index is 1.56. The fraction of sp³-hybridized carbons (Fsp3) is 0.417. The summed E-state index contributed by atoms with van der Waals surface area (Å²) in [7, 11) is 0. The van der Waals surface area contributed by atoms with E-state index in [0.717, 1.165) is 41.2 Å². The molecule has 31 heavy (non-hydrogen) atoms. The Kier molecular flexibility index (Phi) is 4.85. The van der Waals surface area contributed by atoms with Gasteiger partial charge in [0, 0.05) is 11.5 Å². The minimum absolute atomic E-state index is 0.264. The molecule has 3 aliphatic rings. The van der Waals surface area contributed by atoms with Crippen LogP contribution >= 0.6 is 0 Å². The summed E-state index contributed by atoms with van der Waals surface area (Å²) in [5.74, 6) is 2.03. The molecule has 2 heterocycles. The van der Waals surface area contributed by atoms with E-state index in [0.29, 0.717) is 23.1 Å². The van der Waals surface area contributed by atoms with Gasteiger partial charge in [0.25, 0.3) is 0 Å². The van der Waals surface area contributed by atoms with Crippen LogP contribution in [-0.2, 0) is 6.42 Å². The largest absolute Gasteiger partial charge is 0.511 e. The quantitative estimate of drug-likeness (QED) is 0.577. The van der Waals surface area contributed by atoms with Crippen molar-refractivity contribution in [2.45, 2.75) is 51.5 Å². The summed E-state index contributed by atoms with van der Waals surface area (Å²) in [6.07, 6.45) is 5.44. The van der Waals surface area contributed by atoms with Crippen LogP contribution in [0.5, 0.6) is 5.75 Å². The van der Waals surface area contributed by atoms with E-state index in [1.54, 1.807) is 6.07 Å². The molecular weight excluding hydrogens is 392 g/mol. The number of aryl methyl sites for hydroxylation is 2. The normalized spacial score (nSPS) is 22.5. The zero-order valence-corrected chi connectivity index (χ0v) is 17.4. The second-order valence-corrected chi connectivity index (χ2v) is 8.61. The minimum atomic E-state index is -1.30. The zero-order chi connectivity index (χ0) is 21.5. The number of fused-ring (bicyclic) bond motifs is 3. The lowest BCUT2D eigenvalue weighted by Crippen LogP contribution is -2.41. The lowest BCUT2D eigenvalue weighted by Gasteiger charge is -2.34. The Bertz CT molecular complexity index is 1110. The Labute approximate surface area is 181 Å². The molecule has 1 aromatic carbocycles. The molecule has 0 saturated heterocycles. The molecule has 1 saturated carbocycles. The van der Waals surface area contributed by atoms with Crippen molar-refractivity contribution >= 4 is 17.7 Å². The maximum Gasteiger partial charge on any atom is 0.511 e. The average molecular weight is 416 g/mol. The maximum atomic E-state index is 10.9. The number of anilines is 1. The van der Waals surface area contributed by atoms with E-state index >= 15 is 0 Å². The molecule has 1 fully saturated rings. The first-order valence-corrected chi connectivity index (χ1v) is 10.8. The van der Waals surface area contributed by atoms with Crippen LogP contribution < -0.4 is 9.75 Å². The summed E-state index contributed by atoms with van der Waals surface area (Å²) < 4.78 is 4.85. The first kappa shape index (κ1) is 19.6. The number of hydrazone groups is 1. The fourth-order valence-corrected chi connectivity index (χ4v) is 5.48. The van der Waals surface area contributed by atoms with Gasteiger partial charge in [0.1, 0.15) is 17.6 Å². The molecule has 2 aliphatic carbocycles. The molecular formula is C24H24N4O3. The van der Waals surface area contributed by atoms with Crippen LogP contribution in [0, 0.1) is 30.1 Å². The standard InChI is InChI=1S/C24H24N4O3/c1-14-17(13-25)7-11-21(26-14)28-23(15-4-2-3-5-15)20-9-6-16-12-18(31-24(29)30)8-10-19(16)22(20)27-28/h7-8,10-12,15,20,23H,2-6,9H2,1H3,(H,29,30). The average Bonchev–Trinajstić information content (AvgIpc) is 3.40. The Morgan fingerprint density at radius 2 is 2.03 bits per heavy atom. The van der Waals surface area contributed by atoms with Crippen molar-refractivity contribution in [2.24, 2.45) is 16.9 Å². The van der Waals surface area contributed by atoms with Crippen LogP contribution in [0.3, 0.4) is 0 Å². The van der Waals surface area contributed by atoms with Gasteiger partial charge >= 0.3 is 6.16 Å². The number of hydrogen-bond donors (Lipinski definition) is 1. The topological polar surface area (TPSA) is 98.8 Å². The predicted octanol–water partition coefficient (Wildman–Crippen LogP) is 4.66. The number of carbonyl (C=O) groups is 1. The van der Waals surface area contributed by atoms with Gasteiger partial charge in [-0.25, -0.2) is 14.8 Å². The van der Waals surface area contributed by atoms with E-state index in [2.05, 4.69) is 11.1 Å². The molecule has 5 rings (SSSR count). The monoisotopic (exact) mass is 416 g/mol. The molecule has 1 N–H and O–H groups in total. The first-order chi connectivity index (χ1) is 15.0. The number of hydrogen-bond acceptors (Lipinski definition) is 6. The number of rotatable bonds is 3. The van der Waals surface area contributed by atoms with Crippen molar-refractivity contribution in [2.75, 3.05) is 5.01 Å². The lowest BCUT2D eigenvalue weighted by atomic mass is 9.75. The molecule has 2 unspecified atom stereocenters. The van der Waals surface area contributed by atoms with Crippen LogP contribution in [0.15, 0.2) is 35.4 Å². The highest BCUT2D eigenvalue weighted by Gasteiger charge is 2.46. The van der Waals surface area contributed by atoms with E-state index in [9.17, 15) is 10.1 Å². The summed E-state index contributed by atoms with van der Waals surface area (Å²) in [5, 5.41) is 25.4. The van der Waals surface area contributed by atoms with Gasteiger partial charge in [-0.2, -0.15) is 10.4 Å².